The van der Waals surface area contributed by atoms with Crippen LogP contribution in [0.25, 0.3) is 0 Å². The van der Waals surface area contributed by atoms with Crippen molar-refractivity contribution in [3.05, 3.63) is 71.8 Å². The first-order valence-corrected chi connectivity index (χ1v) is 10.0. The van der Waals surface area contributed by atoms with Crippen LogP contribution in [0, 0.1) is 6.92 Å². The van der Waals surface area contributed by atoms with Gasteiger partial charge in [0.05, 0.1) is 0 Å². The maximum absolute atomic E-state index is 13.2. The number of imide groups is 1. The lowest BCUT2D eigenvalue weighted by atomic mass is 9.91. The average Bonchev–Trinajstić information content (AvgIpc) is 2.97. The number of anilines is 1. The zero-order valence-corrected chi connectivity index (χ0v) is 18.2. The van der Waals surface area contributed by atoms with E-state index in [9.17, 15) is 14.4 Å². The number of nitrogens with zero attached hydrogens (tertiary/aromatic N) is 1. The van der Waals surface area contributed by atoms with Crippen LogP contribution >= 0.6 is 0 Å². The van der Waals surface area contributed by atoms with Crippen LogP contribution in [-0.2, 0) is 15.1 Å². The van der Waals surface area contributed by atoms with Gasteiger partial charge in [0.1, 0.15) is 23.9 Å². The second-order valence-electron chi connectivity index (χ2n) is 7.98. The molecule has 1 aliphatic rings. The Hall–Kier alpha value is -3.61. The number of carbonyl (C=O) groups excluding carboxylic acids is 3. The van der Waals surface area contributed by atoms with E-state index in [1.165, 1.54) is 6.92 Å². The monoisotopic (exact) mass is 421 g/mol. The molecule has 2 atom stereocenters. The number of amides is 4. The van der Waals surface area contributed by atoms with E-state index in [1.807, 2.05) is 32.0 Å². The quantitative estimate of drug-likeness (QED) is 0.527. The number of nitrogens with one attached hydrogen (secondary N) is 2. The summed E-state index contributed by atoms with van der Waals surface area (Å²) >= 11 is 0. The van der Waals surface area contributed by atoms with Gasteiger partial charge in [-0.2, -0.15) is 0 Å². The van der Waals surface area contributed by atoms with Gasteiger partial charge in [0.2, 0.25) is 5.91 Å². The molecule has 1 aliphatic heterocycles. The highest BCUT2D eigenvalue weighted by Crippen LogP contribution is 2.31. The molecule has 7 heteroatoms. The van der Waals surface area contributed by atoms with Crippen molar-refractivity contribution in [2.24, 2.45) is 0 Å². The Morgan fingerprint density at radius 3 is 2.45 bits per heavy atom. The second-order valence-corrected chi connectivity index (χ2v) is 7.98. The van der Waals surface area contributed by atoms with Gasteiger partial charge in [0, 0.05) is 5.69 Å². The topological polar surface area (TPSA) is 87.7 Å². The van der Waals surface area contributed by atoms with Crippen LogP contribution in [0.4, 0.5) is 10.5 Å². The van der Waals surface area contributed by atoms with Crippen molar-refractivity contribution in [3.8, 4) is 5.75 Å². The van der Waals surface area contributed by atoms with Crippen molar-refractivity contribution >= 4 is 23.5 Å². The minimum atomic E-state index is -1.28. The summed E-state index contributed by atoms with van der Waals surface area (Å²) < 4.78 is 5.59. The number of urea groups is 1. The van der Waals surface area contributed by atoms with E-state index in [0.29, 0.717) is 23.6 Å². The van der Waals surface area contributed by atoms with Gasteiger partial charge < -0.3 is 15.4 Å². The number of benzene rings is 2. The lowest BCUT2D eigenvalue weighted by molar-refractivity contribution is -0.136. The van der Waals surface area contributed by atoms with E-state index >= 15 is 0 Å². The Morgan fingerprint density at radius 2 is 1.84 bits per heavy atom. The molecule has 0 aliphatic carbocycles. The first-order valence-electron chi connectivity index (χ1n) is 10.0. The first-order chi connectivity index (χ1) is 14.6. The van der Waals surface area contributed by atoms with Crippen LogP contribution in [-0.4, -0.2) is 35.4 Å². The van der Waals surface area contributed by atoms with Crippen molar-refractivity contribution in [2.45, 2.75) is 39.3 Å². The number of para-hydroxylation sites is 1. The summed E-state index contributed by atoms with van der Waals surface area (Å²) in [6, 6.07) is 12.7. The van der Waals surface area contributed by atoms with E-state index in [1.54, 1.807) is 37.3 Å². The smallest absolute Gasteiger partial charge is 0.326 e. The third-order valence-electron chi connectivity index (χ3n) is 5.31. The van der Waals surface area contributed by atoms with E-state index in [4.69, 9.17) is 4.74 Å². The molecular formula is C24H27N3O4. The molecule has 3 rings (SSSR count). The predicted molar refractivity (Wildman–Crippen MR) is 119 cm³/mol. The summed E-state index contributed by atoms with van der Waals surface area (Å²) in [7, 11) is 0. The molecule has 0 aromatic heterocycles. The Kier molecular flexibility index (Phi) is 6.15. The molecule has 2 unspecified atom stereocenters. The van der Waals surface area contributed by atoms with Crippen LogP contribution < -0.4 is 15.4 Å². The maximum Gasteiger partial charge on any atom is 0.326 e. The summed E-state index contributed by atoms with van der Waals surface area (Å²) in [5.74, 6) is -0.291. The summed E-state index contributed by atoms with van der Waals surface area (Å²) in [5, 5.41) is 5.52. The van der Waals surface area contributed by atoms with Gasteiger partial charge in [-0.25, -0.2) is 9.69 Å². The third-order valence-corrected chi connectivity index (χ3v) is 5.31. The van der Waals surface area contributed by atoms with Crippen LogP contribution in [0.5, 0.6) is 5.75 Å². The van der Waals surface area contributed by atoms with Gasteiger partial charge in [-0.1, -0.05) is 36.9 Å². The van der Waals surface area contributed by atoms with Gasteiger partial charge in [-0.15, -0.1) is 0 Å². The summed E-state index contributed by atoms with van der Waals surface area (Å²) in [5.41, 5.74) is 1.74. The van der Waals surface area contributed by atoms with Crippen molar-refractivity contribution in [3.63, 3.8) is 0 Å². The molecule has 1 saturated heterocycles. The number of hydrogen-bond acceptors (Lipinski definition) is 4. The van der Waals surface area contributed by atoms with Gasteiger partial charge in [0.25, 0.3) is 5.91 Å². The molecule has 31 heavy (non-hydrogen) atoms. The second kappa shape index (κ2) is 8.63. The van der Waals surface area contributed by atoms with E-state index in [2.05, 4.69) is 17.2 Å². The molecule has 0 bridgehead atoms. The normalized spacial score (nSPS) is 19.0. The average molecular weight is 421 g/mol. The summed E-state index contributed by atoms with van der Waals surface area (Å²) in [6.07, 6.45) is 0. The van der Waals surface area contributed by atoms with E-state index in [-0.39, 0.29) is 0 Å². The zero-order chi connectivity index (χ0) is 22.8. The van der Waals surface area contributed by atoms with Crippen molar-refractivity contribution in [1.29, 1.82) is 0 Å². The third kappa shape index (κ3) is 4.45. The molecule has 0 radical (unpaired) electrons. The highest BCUT2D eigenvalue weighted by atomic mass is 16.5. The maximum atomic E-state index is 13.2. The Bertz CT molecular complexity index is 1030. The minimum absolute atomic E-state index is 0.396. The Balaban J connectivity index is 1.76. The fraction of sp³-hybridized carbons (Fsp3) is 0.292. The number of aryl methyl sites for hydroxylation is 1. The lowest BCUT2D eigenvalue weighted by Gasteiger charge is -2.25. The SMILES string of the molecule is C=C(C)COc1ccc(C2(C)NC(=O)N(C(C)C(=O)Nc3ccccc3C)C2=O)cc1. The van der Waals surface area contributed by atoms with Crippen LogP contribution in [0.2, 0.25) is 0 Å². The molecule has 0 spiro atoms. The van der Waals surface area contributed by atoms with E-state index < -0.39 is 29.4 Å². The summed E-state index contributed by atoms with van der Waals surface area (Å²) in [6.45, 7) is 11.1. The van der Waals surface area contributed by atoms with Gasteiger partial charge >= 0.3 is 6.03 Å². The molecule has 4 amide bonds. The fourth-order valence-corrected chi connectivity index (χ4v) is 3.37. The summed E-state index contributed by atoms with van der Waals surface area (Å²) in [4.78, 5) is 39.6. The van der Waals surface area contributed by atoms with Crippen LogP contribution in [0.3, 0.4) is 0 Å². The van der Waals surface area contributed by atoms with Gasteiger partial charge in [-0.3, -0.25) is 9.59 Å². The van der Waals surface area contributed by atoms with E-state index in [0.717, 1.165) is 16.0 Å². The molecular weight excluding hydrogens is 394 g/mol. The molecule has 2 aromatic carbocycles. The number of rotatable bonds is 7. The molecule has 2 aromatic rings. The Morgan fingerprint density at radius 1 is 1.19 bits per heavy atom. The Labute approximate surface area is 182 Å². The molecule has 0 saturated carbocycles. The van der Waals surface area contributed by atoms with Crippen LogP contribution in [0.1, 0.15) is 31.9 Å². The molecule has 162 valence electrons. The molecule has 7 nitrogen and oxygen atoms in total. The standard InChI is InChI=1S/C24H27N3O4/c1-15(2)14-31-19-12-10-18(11-13-19)24(5)22(29)27(23(30)26-24)17(4)21(28)25-20-9-7-6-8-16(20)3/h6-13,17H,1,14H2,2-5H3,(H,25,28)(H,26,30). The number of hydrogen-bond donors (Lipinski definition) is 2. The molecule has 1 heterocycles. The van der Waals surface area contributed by atoms with Crippen molar-refractivity contribution in [1.82, 2.24) is 10.2 Å². The largest absolute Gasteiger partial charge is 0.489 e. The highest BCUT2D eigenvalue weighted by molar-refractivity contribution is 6.11. The molecule has 2 N–H and O–H groups in total. The predicted octanol–water partition coefficient (Wildman–Crippen LogP) is 3.74. The van der Waals surface area contributed by atoms with Crippen molar-refractivity contribution < 1.29 is 19.1 Å². The number of ether oxygens (including phenoxy) is 1. The van der Waals surface area contributed by atoms with Gasteiger partial charge in [0.15, 0.2) is 0 Å². The first kappa shape index (κ1) is 22.1. The fourth-order valence-electron chi connectivity index (χ4n) is 3.37. The van der Waals surface area contributed by atoms with Crippen LogP contribution in [0.15, 0.2) is 60.7 Å². The number of carbonyl (C=O) groups is 3. The highest BCUT2D eigenvalue weighted by Gasteiger charge is 2.51. The lowest BCUT2D eigenvalue weighted by Crippen LogP contribution is -2.47. The zero-order valence-electron chi connectivity index (χ0n) is 18.2. The molecule has 1 fully saturated rings. The van der Waals surface area contributed by atoms with Crippen molar-refractivity contribution in [2.75, 3.05) is 11.9 Å². The van der Waals surface area contributed by atoms with Gasteiger partial charge in [-0.05, 0) is 62.6 Å². The minimum Gasteiger partial charge on any atom is -0.489 e.